The average molecular weight is 271 g/mol. The van der Waals surface area contributed by atoms with Gasteiger partial charge >= 0.3 is 0 Å². The molecule has 1 aromatic heterocycles. The highest BCUT2D eigenvalue weighted by atomic mass is 79.9. The van der Waals surface area contributed by atoms with Crippen LogP contribution < -0.4 is 0 Å². The first-order valence-electron chi connectivity index (χ1n) is 3.99. The number of rotatable bonds is 1. The van der Waals surface area contributed by atoms with E-state index in [9.17, 15) is 0 Å². The normalized spacial score (nSPS) is 10.4. The van der Waals surface area contributed by atoms with Crippen LogP contribution in [0.5, 0.6) is 0 Å². The largest absolute Gasteiger partial charge is 0.409 e. The summed E-state index contributed by atoms with van der Waals surface area (Å²) in [7, 11) is 0. The van der Waals surface area contributed by atoms with E-state index in [0.717, 1.165) is 10.0 Å². The standard InChI is InChI=1S/C9H7BrN2OS/c1-5-2-3-6(7(10)4-5)8-11-12-9(14)13-8/h2-4H,1H3,(H,12,14). The molecule has 0 aliphatic heterocycles. The maximum atomic E-state index is 5.21. The number of nitrogens with one attached hydrogen (secondary N) is 1. The predicted octanol–water partition coefficient (Wildman–Crippen LogP) is 3.47. The molecule has 1 N–H and O–H groups in total. The van der Waals surface area contributed by atoms with Crippen molar-refractivity contribution in [3.8, 4) is 11.5 Å². The number of aromatic nitrogens is 2. The third-order valence-electron chi connectivity index (χ3n) is 1.79. The summed E-state index contributed by atoms with van der Waals surface area (Å²) in [4.78, 5) is 0.285. The zero-order valence-corrected chi connectivity index (χ0v) is 9.78. The summed E-state index contributed by atoms with van der Waals surface area (Å²) in [6.07, 6.45) is 0. The Kier molecular flexibility index (Phi) is 2.52. The first-order valence-corrected chi connectivity index (χ1v) is 5.19. The number of benzene rings is 1. The Labute approximate surface area is 94.3 Å². The molecule has 0 bridgehead atoms. The fraction of sp³-hybridized carbons (Fsp3) is 0.111. The smallest absolute Gasteiger partial charge is 0.284 e. The third-order valence-corrected chi connectivity index (χ3v) is 2.62. The van der Waals surface area contributed by atoms with Crippen LogP contribution in [0.3, 0.4) is 0 Å². The van der Waals surface area contributed by atoms with E-state index >= 15 is 0 Å². The zero-order chi connectivity index (χ0) is 10.1. The Morgan fingerprint density at radius 1 is 1.50 bits per heavy atom. The summed E-state index contributed by atoms with van der Waals surface area (Å²) >= 11 is 8.25. The summed E-state index contributed by atoms with van der Waals surface area (Å²) in [6, 6.07) is 5.93. The maximum absolute atomic E-state index is 5.21. The van der Waals surface area contributed by atoms with Gasteiger partial charge in [0.2, 0.25) is 5.89 Å². The van der Waals surface area contributed by atoms with Crippen LogP contribution in [0.1, 0.15) is 5.56 Å². The van der Waals surface area contributed by atoms with Gasteiger partial charge in [-0.1, -0.05) is 6.07 Å². The molecule has 0 spiro atoms. The lowest BCUT2D eigenvalue weighted by atomic mass is 10.1. The quantitative estimate of drug-likeness (QED) is 0.807. The van der Waals surface area contributed by atoms with Crippen molar-refractivity contribution in [2.24, 2.45) is 0 Å². The van der Waals surface area contributed by atoms with Gasteiger partial charge < -0.3 is 4.42 Å². The van der Waals surface area contributed by atoms with E-state index in [1.165, 1.54) is 5.56 Å². The highest BCUT2D eigenvalue weighted by Crippen LogP contribution is 2.27. The summed E-state index contributed by atoms with van der Waals surface area (Å²) in [5, 5.41) is 6.54. The van der Waals surface area contributed by atoms with Crippen molar-refractivity contribution in [3.05, 3.63) is 33.1 Å². The van der Waals surface area contributed by atoms with Crippen molar-refractivity contribution in [1.29, 1.82) is 0 Å². The highest BCUT2D eigenvalue weighted by molar-refractivity contribution is 9.10. The number of halogens is 1. The Morgan fingerprint density at radius 2 is 2.29 bits per heavy atom. The van der Waals surface area contributed by atoms with E-state index in [1.54, 1.807) is 0 Å². The van der Waals surface area contributed by atoms with Gasteiger partial charge in [0.25, 0.3) is 4.84 Å². The molecule has 72 valence electrons. The Hall–Kier alpha value is -0.940. The monoisotopic (exact) mass is 270 g/mol. The molecule has 14 heavy (non-hydrogen) atoms. The van der Waals surface area contributed by atoms with Crippen LogP contribution in [0.25, 0.3) is 11.5 Å². The molecule has 5 heteroatoms. The van der Waals surface area contributed by atoms with E-state index in [-0.39, 0.29) is 4.84 Å². The van der Waals surface area contributed by atoms with Crippen LogP contribution in [0, 0.1) is 11.8 Å². The van der Waals surface area contributed by atoms with E-state index in [4.69, 9.17) is 16.6 Å². The van der Waals surface area contributed by atoms with Gasteiger partial charge in [0.1, 0.15) is 0 Å². The summed E-state index contributed by atoms with van der Waals surface area (Å²) in [5.41, 5.74) is 2.07. The molecular formula is C9H7BrN2OS. The fourth-order valence-corrected chi connectivity index (χ4v) is 1.93. The lowest BCUT2D eigenvalue weighted by Gasteiger charge is -1.99. The van der Waals surface area contributed by atoms with Crippen LogP contribution >= 0.6 is 28.1 Å². The van der Waals surface area contributed by atoms with E-state index in [0.29, 0.717) is 5.89 Å². The van der Waals surface area contributed by atoms with Gasteiger partial charge in [-0.25, -0.2) is 5.10 Å². The first-order chi connectivity index (χ1) is 6.66. The zero-order valence-electron chi connectivity index (χ0n) is 7.37. The molecule has 2 rings (SSSR count). The van der Waals surface area contributed by atoms with Crippen molar-refractivity contribution < 1.29 is 4.42 Å². The van der Waals surface area contributed by atoms with Gasteiger partial charge in [-0.05, 0) is 52.8 Å². The summed E-state index contributed by atoms with van der Waals surface area (Å²) < 4.78 is 6.16. The summed E-state index contributed by atoms with van der Waals surface area (Å²) in [5.74, 6) is 0.502. The molecule has 0 saturated heterocycles. The average Bonchev–Trinajstić information content (AvgIpc) is 2.51. The lowest BCUT2D eigenvalue weighted by Crippen LogP contribution is -1.81. The van der Waals surface area contributed by atoms with E-state index in [1.807, 2.05) is 25.1 Å². The number of aromatic amines is 1. The molecule has 0 atom stereocenters. The minimum Gasteiger partial charge on any atom is -0.409 e. The highest BCUT2D eigenvalue weighted by Gasteiger charge is 2.07. The Bertz CT molecular complexity index is 518. The molecule has 3 nitrogen and oxygen atoms in total. The van der Waals surface area contributed by atoms with Crippen molar-refractivity contribution in [1.82, 2.24) is 10.2 Å². The molecule has 0 aliphatic rings. The van der Waals surface area contributed by atoms with Crippen molar-refractivity contribution in [3.63, 3.8) is 0 Å². The number of hydrogen-bond donors (Lipinski definition) is 1. The van der Waals surface area contributed by atoms with Gasteiger partial charge in [0.15, 0.2) is 0 Å². The van der Waals surface area contributed by atoms with Crippen molar-refractivity contribution >= 4 is 28.1 Å². The second kappa shape index (κ2) is 3.67. The Balaban J connectivity index is 2.57. The second-order valence-corrected chi connectivity index (χ2v) is 4.13. The molecule has 1 aromatic carbocycles. The molecule has 0 radical (unpaired) electrons. The minimum atomic E-state index is 0.285. The van der Waals surface area contributed by atoms with Crippen molar-refractivity contribution in [2.75, 3.05) is 0 Å². The molecule has 2 aromatic rings. The van der Waals surface area contributed by atoms with Crippen molar-refractivity contribution in [2.45, 2.75) is 6.92 Å². The number of aryl methyl sites for hydroxylation is 1. The minimum absolute atomic E-state index is 0.285. The van der Waals surface area contributed by atoms with Gasteiger partial charge in [-0.15, -0.1) is 5.10 Å². The number of H-pyrrole nitrogens is 1. The van der Waals surface area contributed by atoms with Gasteiger partial charge in [-0.3, -0.25) is 0 Å². The molecule has 0 saturated carbocycles. The van der Waals surface area contributed by atoms with E-state index in [2.05, 4.69) is 26.1 Å². The van der Waals surface area contributed by atoms with Gasteiger partial charge in [0.05, 0.1) is 5.56 Å². The van der Waals surface area contributed by atoms with Crippen LogP contribution in [0.2, 0.25) is 0 Å². The SMILES string of the molecule is Cc1ccc(-c2n[nH]c(=S)o2)c(Br)c1. The van der Waals surface area contributed by atoms with Crippen LogP contribution in [-0.4, -0.2) is 10.2 Å². The first kappa shape index (κ1) is 9.61. The number of hydrogen-bond acceptors (Lipinski definition) is 3. The third kappa shape index (κ3) is 1.78. The molecule has 0 aliphatic carbocycles. The molecule has 0 amide bonds. The topological polar surface area (TPSA) is 41.8 Å². The number of nitrogens with zero attached hydrogens (tertiary/aromatic N) is 1. The lowest BCUT2D eigenvalue weighted by molar-refractivity contribution is 0.551. The molecule has 0 unspecified atom stereocenters. The second-order valence-electron chi connectivity index (χ2n) is 2.90. The predicted molar refractivity (Wildman–Crippen MR) is 59.6 cm³/mol. The molecular weight excluding hydrogens is 264 g/mol. The molecule has 0 fully saturated rings. The van der Waals surface area contributed by atoms with Crippen LogP contribution in [0.15, 0.2) is 27.1 Å². The fourth-order valence-electron chi connectivity index (χ4n) is 1.14. The van der Waals surface area contributed by atoms with Crippen LogP contribution in [0.4, 0.5) is 0 Å². The molecule has 1 heterocycles. The maximum Gasteiger partial charge on any atom is 0.284 e. The van der Waals surface area contributed by atoms with E-state index < -0.39 is 0 Å². The van der Waals surface area contributed by atoms with Gasteiger partial charge in [0, 0.05) is 4.47 Å². The van der Waals surface area contributed by atoms with Crippen LogP contribution in [-0.2, 0) is 0 Å². The Morgan fingerprint density at radius 3 is 2.86 bits per heavy atom. The summed E-state index contributed by atoms with van der Waals surface area (Å²) in [6.45, 7) is 2.02. The van der Waals surface area contributed by atoms with Gasteiger partial charge in [-0.2, -0.15) is 0 Å².